The molecule has 1 heterocycles. The number of urea groups is 1. The Bertz CT molecular complexity index is 723. The van der Waals surface area contributed by atoms with E-state index in [1.54, 1.807) is 36.5 Å². The van der Waals surface area contributed by atoms with Crippen LogP contribution in [-0.4, -0.2) is 30.5 Å². The molecule has 0 aliphatic carbocycles. The molecule has 2 aromatic rings. The van der Waals surface area contributed by atoms with Gasteiger partial charge in [0.2, 0.25) is 5.91 Å². The standard InChI is InChI=1S/C20H25ClN4O2/c1-25(18-6-5-12-22-15-18)19(26)7-3-2-4-13-23-20(27)24-14-16-8-10-17(21)11-9-16/h5-6,8-12,15H,2-4,7,13-14H2,1H3,(H2,23,24,27). The highest BCUT2D eigenvalue weighted by Gasteiger charge is 2.10. The van der Waals surface area contributed by atoms with E-state index in [0.717, 1.165) is 30.5 Å². The Balaban J connectivity index is 1.53. The number of aromatic nitrogens is 1. The lowest BCUT2D eigenvalue weighted by molar-refractivity contribution is -0.118. The Labute approximate surface area is 164 Å². The summed E-state index contributed by atoms with van der Waals surface area (Å²) in [6.07, 6.45) is 6.33. The number of benzene rings is 1. The second kappa shape index (κ2) is 11.2. The van der Waals surface area contributed by atoms with Crippen molar-refractivity contribution in [3.05, 3.63) is 59.4 Å². The molecule has 0 aliphatic rings. The fourth-order valence-electron chi connectivity index (χ4n) is 2.49. The Morgan fingerprint density at radius 2 is 1.85 bits per heavy atom. The summed E-state index contributed by atoms with van der Waals surface area (Å²) in [6.45, 7) is 1.04. The minimum absolute atomic E-state index is 0.0664. The van der Waals surface area contributed by atoms with E-state index in [2.05, 4.69) is 15.6 Å². The van der Waals surface area contributed by atoms with Crippen LogP contribution < -0.4 is 15.5 Å². The fraction of sp³-hybridized carbons (Fsp3) is 0.350. The smallest absolute Gasteiger partial charge is 0.315 e. The first-order valence-corrected chi connectivity index (χ1v) is 9.37. The summed E-state index contributed by atoms with van der Waals surface area (Å²) in [5.74, 6) is 0.0664. The number of nitrogens with zero attached hydrogens (tertiary/aromatic N) is 2. The Morgan fingerprint density at radius 1 is 1.07 bits per heavy atom. The van der Waals surface area contributed by atoms with Crippen LogP contribution in [-0.2, 0) is 11.3 Å². The number of rotatable bonds is 9. The van der Waals surface area contributed by atoms with E-state index in [1.165, 1.54) is 0 Å². The second-order valence-corrected chi connectivity index (χ2v) is 6.65. The Morgan fingerprint density at radius 3 is 2.56 bits per heavy atom. The summed E-state index contributed by atoms with van der Waals surface area (Å²) in [7, 11) is 1.76. The van der Waals surface area contributed by atoms with Crippen molar-refractivity contribution in [1.29, 1.82) is 0 Å². The van der Waals surface area contributed by atoms with Crippen molar-refractivity contribution in [3.8, 4) is 0 Å². The summed E-state index contributed by atoms with van der Waals surface area (Å²) in [6, 6.07) is 10.8. The zero-order valence-electron chi connectivity index (χ0n) is 15.5. The molecule has 0 spiro atoms. The van der Waals surface area contributed by atoms with Crippen molar-refractivity contribution in [2.75, 3.05) is 18.5 Å². The number of carbonyl (C=O) groups is 2. The van der Waals surface area contributed by atoms with Crippen LogP contribution >= 0.6 is 11.6 Å². The predicted molar refractivity (Wildman–Crippen MR) is 108 cm³/mol. The second-order valence-electron chi connectivity index (χ2n) is 6.21. The lowest BCUT2D eigenvalue weighted by Crippen LogP contribution is -2.35. The molecule has 144 valence electrons. The number of nitrogens with one attached hydrogen (secondary N) is 2. The minimum atomic E-state index is -0.197. The normalized spacial score (nSPS) is 10.3. The Kier molecular flexibility index (Phi) is 8.58. The third-order valence-electron chi connectivity index (χ3n) is 4.13. The minimum Gasteiger partial charge on any atom is -0.338 e. The van der Waals surface area contributed by atoms with Crippen molar-refractivity contribution in [1.82, 2.24) is 15.6 Å². The Hall–Kier alpha value is -2.60. The van der Waals surface area contributed by atoms with Gasteiger partial charge in [0.1, 0.15) is 0 Å². The number of hydrogen-bond acceptors (Lipinski definition) is 3. The van der Waals surface area contributed by atoms with Gasteiger partial charge < -0.3 is 15.5 Å². The van der Waals surface area contributed by atoms with Crippen LogP contribution in [0.3, 0.4) is 0 Å². The number of halogens is 1. The van der Waals surface area contributed by atoms with E-state index in [0.29, 0.717) is 24.5 Å². The summed E-state index contributed by atoms with van der Waals surface area (Å²) in [5, 5.41) is 6.30. The summed E-state index contributed by atoms with van der Waals surface area (Å²) < 4.78 is 0. The average molecular weight is 389 g/mol. The van der Waals surface area contributed by atoms with Gasteiger partial charge in [-0.25, -0.2) is 4.79 Å². The zero-order chi connectivity index (χ0) is 19.5. The van der Waals surface area contributed by atoms with Gasteiger partial charge in [-0.15, -0.1) is 0 Å². The van der Waals surface area contributed by atoms with Crippen LogP contribution in [0, 0.1) is 0 Å². The molecule has 1 aromatic carbocycles. The summed E-state index contributed by atoms with van der Waals surface area (Å²) >= 11 is 5.83. The van der Waals surface area contributed by atoms with Crippen molar-refractivity contribution in [2.45, 2.75) is 32.2 Å². The number of pyridine rings is 1. The van der Waals surface area contributed by atoms with Crippen LogP contribution in [0.15, 0.2) is 48.8 Å². The molecule has 0 aliphatic heterocycles. The molecule has 1 aromatic heterocycles. The van der Waals surface area contributed by atoms with E-state index in [9.17, 15) is 9.59 Å². The topological polar surface area (TPSA) is 74.3 Å². The molecular formula is C20H25ClN4O2. The molecular weight excluding hydrogens is 364 g/mol. The molecule has 27 heavy (non-hydrogen) atoms. The quantitative estimate of drug-likeness (QED) is 0.642. The number of amides is 3. The molecule has 0 unspecified atom stereocenters. The molecule has 0 saturated heterocycles. The van der Waals surface area contributed by atoms with Gasteiger partial charge in [-0.05, 0) is 42.7 Å². The summed E-state index contributed by atoms with van der Waals surface area (Å²) in [5.41, 5.74) is 1.78. The SMILES string of the molecule is CN(C(=O)CCCCCNC(=O)NCc1ccc(Cl)cc1)c1cccnc1. The molecule has 0 saturated carbocycles. The van der Waals surface area contributed by atoms with Crippen LogP contribution in [0.1, 0.15) is 31.2 Å². The largest absolute Gasteiger partial charge is 0.338 e. The van der Waals surface area contributed by atoms with E-state index in [1.807, 2.05) is 24.3 Å². The van der Waals surface area contributed by atoms with Gasteiger partial charge >= 0.3 is 6.03 Å². The van der Waals surface area contributed by atoms with Crippen LogP contribution in [0.4, 0.5) is 10.5 Å². The highest BCUT2D eigenvalue weighted by atomic mass is 35.5. The molecule has 0 radical (unpaired) electrons. The van der Waals surface area contributed by atoms with Gasteiger partial charge in [0.05, 0.1) is 11.9 Å². The van der Waals surface area contributed by atoms with Crippen LogP contribution in [0.25, 0.3) is 0 Å². The maximum absolute atomic E-state index is 12.1. The zero-order valence-corrected chi connectivity index (χ0v) is 16.2. The molecule has 7 heteroatoms. The van der Waals surface area contributed by atoms with Gasteiger partial charge in [0, 0.05) is 37.8 Å². The van der Waals surface area contributed by atoms with E-state index < -0.39 is 0 Å². The van der Waals surface area contributed by atoms with Gasteiger partial charge in [-0.3, -0.25) is 9.78 Å². The lowest BCUT2D eigenvalue weighted by Gasteiger charge is -2.16. The first-order chi connectivity index (χ1) is 13.1. The van der Waals surface area contributed by atoms with Gasteiger partial charge in [0.15, 0.2) is 0 Å². The van der Waals surface area contributed by atoms with E-state index in [-0.39, 0.29) is 11.9 Å². The predicted octanol–water partition coefficient (Wildman–Crippen LogP) is 3.76. The van der Waals surface area contributed by atoms with Gasteiger partial charge in [0.25, 0.3) is 0 Å². The van der Waals surface area contributed by atoms with Crippen molar-refractivity contribution >= 4 is 29.2 Å². The summed E-state index contributed by atoms with van der Waals surface area (Å²) in [4.78, 5) is 29.5. The van der Waals surface area contributed by atoms with Gasteiger partial charge in [-0.1, -0.05) is 30.2 Å². The molecule has 0 bridgehead atoms. The highest BCUT2D eigenvalue weighted by molar-refractivity contribution is 6.30. The maximum atomic E-state index is 12.1. The maximum Gasteiger partial charge on any atom is 0.315 e. The monoisotopic (exact) mass is 388 g/mol. The average Bonchev–Trinajstić information content (AvgIpc) is 2.70. The first-order valence-electron chi connectivity index (χ1n) is 8.99. The first kappa shape index (κ1) is 20.7. The molecule has 2 rings (SSSR count). The third kappa shape index (κ3) is 7.66. The van der Waals surface area contributed by atoms with Crippen molar-refractivity contribution in [3.63, 3.8) is 0 Å². The fourth-order valence-corrected chi connectivity index (χ4v) is 2.62. The molecule has 3 amide bonds. The number of unbranched alkanes of at least 4 members (excludes halogenated alkanes) is 2. The number of anilines is 1. The van der Waals surface area contributed by atoms with Crippen LogP contribution in [0.2, 0.25) is 5.02 Å². The van der Waals surface area contributed by atoms with Crippen molar-refractivity contribution in [2.24, 2.45) is 0 Å². The highest BCUT2D eigenvalue weighted by Crippen LogP contribution is 2.12. The third-order valence-corrected chi connectivity index (χ3v) is 4.38. The van der Waals surface area contributed by atoms with E-state index in [4.69, 9.17) is 11.6 Å². The molecule has 0 atom stereocenters. The van der Waals surface area contributed by atoms with Crippen molar-refractivity contribution < 1.29 is 9.59 Å². The lowest BCUT2D eigenvalue weighted by atomic mass is 10.2. The van der Waals surface area contributed by atoms with Crippen LogP contribution in [0.5, 0.6) is 0 Å². The van der Waals surface area contributed by atoms with E-state index >= 15 is 0 Å². The molecule has 2 N–H and O–H groups in total. The number of carbonyl (C=O) groups excluding carboxylic acids is 2. The van der Waals surface area contributed by atoms with Gasteiger partial charge in [-0.2, -0.15) is 0 Å². The molecule has 0 fully saturated rings. The number of hydrogen-bond donors (Lipinski definition) is 2. The molecule has 6 nitrogen and oxygen atoms in total.